The van der Waals surface area contributed by atoms with Crippen LogP contribution in [0.1, 0.15) is 11.3 Å². The molecule has 0 saturated heterocycles. The van der Waals surface area contributed by atoms with Crippen LogP contribution in [0, 0.1) is 12.3 Å². The number of amidine groups is 1. The van der Waals surface area contributed by atoms with E-state index in [0.717, 1.165) is 22.0 Å². The van der Waals surface area contributed by atoms with E-state index in [0.29, 0.717) is 6.61 Å². The van der Waals surface area contributed by atoms with Gasteiger partial charge in [0.25, 0.3) is 0 Å². The standard InChI is InChI=1S/C10H15N3OS/c1-7-5-8(10(11)12)6-9(13-7)15-4-3-14-2/h5-6H,3-4H2,1-2H3,(H3,11,12). The van der Waals surface area contributed by atoms with Gasteiger partial charge in [0.15, 0.2) is 0 Å². The number of pyridine rings is 1. The van der Waals surface area contributed by atoms with Crippen LogP contribution in [0.5, 0.6) is 0 Å². The van der Waals surface area contributed by atoms with Crippen molar-refractivity contribution in [3.8, 4) is 0 Å². The first-order chi connectivity index (χ1) is 7.13. The van der Waals surface area contributed by atoms with Crippen molar-refractivity contribution in [2.24, 2.45) is 5.73 Å². The number of thioether (sulfide) groups is 1. The zero-order valence-electron chi connectivity index (χ0n) is 8.91. The monoisotopic (exact) mass is 225 g/mol. The van der Waals surface area contributed by atoms with E-state index < -0.39 is 0 Å². The van der Waals surface area contributed by atoms with Crippen molar-refractivity contribution in [1.29, 1.82) is 5.41 Å². The van der Waals surface area contributed by atoms with Gasteiger partial charge >= 0.3 is 0 Å². The van der Waals surface area contributed by atoms with Crippen molar-refractivity contribution in [1.82, 2.24) is 4.98 Å². The van der Waals surface area contributed by atoms with Crippen molar-refractivity contribution >= 4 is 17.6 Å². The number of hydrogen-bond acceptors (Lipinski definition) is 4. The fourth-order valence-corrected chi connectivity index (χ4v) is 1.98. The smallest absolute Gasteiger partial charge is 0.122 e. The van der Waals surface area contributed by atoms with Gasteiger partial charge in [0.05, 0.1) is 11.6 Å². The Labute approximate surface area is 93.7 Å². The summed E-state index contributed by atoms with van der Waals surface area (Å²) < 4.78 is 4.96. The van der Waals surface area contributed by atoms with Crippen LogP contribution in [-0.4, -0.2) is 30.3 Å². The molecule has 1 rings (SSSR count). The lowest BCUT2D eigenvalue weighted by atomic mass is 10.2. The second-order valence-electron chi connectivity index (χ2n) is 3.09. The lowest BCUT2D eigenvalue weighted by Crippen LogP contribution is -2.11. The van der Waals surface area contributed by atoms with Crippen molar-refractivity contribution in [2.75, 3.05) is 19.5 Å². The van der Waals surface area contributed by atoms with Gasteiger partial charge in [-0.15, -0.1) is 11.8 Å². The normalized spacial score (nSPS) is 10.3. The summed E-state index contributed by atoms with van der Waals surface area (Å²) in [6.07, 6.45) is 0. The van der Waals surface area contributed by atoms with Crippen molar-refractivity contribution in [3.63, 3.8) is 0 Å². The number of aryl methyl sites for hydroxylation is 1. The summed E-state index contributed by atoms with van der Waals surface area (Å²) >= 11 is 1.60. The van der Waals surface area contributed by atoms with Crippen LogP contribution in [0.4, 0.5) is 0 Å². The van der Waals surface area contributed by atoms with Gasteiger partial charge in [0.2, 0.25) is 0 Å². The molecule has 0 bridgehead atoms. The first kappa shape index (κ1) is 12.0. The Morgan fingerprint density at radius 1 is 1.60 bits per heavy atom. The topological polar surface area (TPSA) is 72.0 Å². The van der Waals surface area contributed by atoms with Crippen LogP contribution < -0.4 is 5.73 Å². The number of rotatable bonds is 5. The average molecular weight is 225 g/mol. The number of methoxy groups -OCH3 is 1. The van der Waals surface area contributed by atoms with Crippen molar-refractivity contribution in [2.45, 2.75) is 11.9 Å². The van der Waals surface area contributed by atoms with Crippen LogP contribution in [0.3, 0.4) is 0 Å². The molecule has 0 unspecified atom stereocenters. The van der Waals surface area contributed by atoms with E-state index in [2.05, 4.69) is 4.98 Å². The predicted molar refractivity (Wildman–Crippen MR) is 62.6 cm³/mol. The highest BCUT2D eigenvalue weighted by molar-refractivity contribution is 7.99. The average Bonchev–Trinajstić information content (AvgIpc) is 2.17. The summed E-state index contributed by atoms with van der Waals surface area (Å²) in [5.74, 6) is 0.929. The molecule has 0 amide bonds. The third-order valence-electron chi connectivity index (χ3n) is 1.78. The highest BCUT2D eigenvalue weighted by atomic mass is 32.2. The van der Waals surface area contributed by atoms with Crippen LogP contribution in [0.25, 0.3) is 0 Å². The maximum absolute atomic E-state index is 7.36. The van der Waals surface area contributed by atoms with E-state index in [1.807, 2.05) is 19.1 Å². The highest BCUT2D eigenvalue weighted by Gasteiger charge is 2.02. The maximum Gasteiger partial charge on any atom is 0.122 e. The minimum atomic E-state index is 0.0779. The zero-order chi connectivity index (χ0) is 11.3. The zero-order valence-corrected chi connectivity index (χ0v) is 9.73. The molecule has 15 heavy (non-hydrogen) atoms. The van der Waals surface area contributed by atoms with Gasteiger partial charge < -0.3 is 10.5 Å². The number of nitrogen functional groups attached to an aromatic ring is 1. The first-order valence-corrected chi connectivity index (χ1v) is 5.57. The Balaban J connectivity index is 2.75. The molecule has 0 saturated carbocycles. The second-order valence-corrected chi connectivity index (χ2v) is 4.21. The Morgan fingerprint density at radius 3 is 2.93 bits per heavy atom. The van der Waals surface area contributed by atoms with Gasteiger partial charge in [0, 0.05) is 24.1 Å². The molecule has 0 aromatic carbocycles. The largest absolute Gasteiger partial charge is 0.384 e. The minimum absolute atomic E-state index is 0.0779. The fraction of sp³-hybridized carbons (Fsp3) is 0.400. The van der Waals surface area contributed by atoms with Gasteiger partial charge in [-0.25, -0.2) is 4.98 Å². The van der Waals surface area contributed by atoms with Crippen molar-refractivity contribution in [3.05, 3.63) is 23.4 Å². The Morgan fingerprint density at radius 2 is 2.33 bits per heavy atom. The van der Waals surface area contributed by atoms with Gasteiger partial charge in [0.1, 0.15) is 5.84 Å². The quantitative estimate of drug-likeness (QED) is 0.344. The van der Waals surface area contributed by atoms with Crippen LogP contribution in [0.15, 0.2) is 17.2 Å². The molecule has 0 radical (unpaired) electrons. The van der Waals surface area contributed by atoms with Crippen molar-refractivity contribution < 1.29 is 4.74 Å². The lowest BCUT2D eigenvalue weighted by molar-refractivity contribution is 0.218. The fourth-order valence-electron chi connectivity index (χ4n) is 1.10. The molecule has 0 aliphatic heterocycles. The number of nitrogens with zero attached hydrogens (tertiary/aromatic N) is 1. The van der Waals surface area contributed by atoms with Gasteiger partial charge in [-0.05, 0) is 19.1 Å². The molecule has 0 aliphatic rings. The lowest BCUT2D eigenvalue weighted by Gasteiger charge is -2.05. The van der Waals surface area contributed by atoms with E-state index in [-0.39, 0.29) is 5.84 Å². The summed E-state index contributed by atoms with van der Waals surface area (Å²) in [5, 5.41) is 8.24. The molecule has 1 heterocycles. The van der Waals surface area contributed by atoms with Gasteiger partial charge in [-0.3, -0.25) is 5.41 Å². The van der Waals surface area contributed by atoms with Gasteiger partial charge in [-0.2, -0.15) is 0 Å². The molecule has 0 aliphatic carbocycles. The third kappa shape index (κ3) is 3.89. The molecule has 4 nitrogen and oxygen atoms in total. The summed E-state index contributed by atoms with van der Waals surface area (Å²) in [4.78, 5) is 4.34. The van der Waals surface area contributed by atoms with Gasteiger partial charge in [-0.1, -0.05) is 0 Å². The van der Waals surface area contributed by atoms with Crippen LogP contribution >= 0.6 is 11.8 Å². The highest BCUT2D eigenvalue weighted by Crippen LogP contribution is 2.17. The molecule has 0 fully saturated rings. The van der Waals surface area contributed by atoms with Crippen LogP contribution in [0.2, 0.25) is 0 Å². The number of ether oxygens (including phenoxy) is 1. The third-order valence-corrected chi connectivity index (χ3v) is 2.65. The molecule has 0 spiro atoms. The van der Waals surface area contributed by atoms with E-state index in [9.17, 15) is 0 Å². The molecule has 0 atom stereocenters. The van der Waals surface area contributed by atoms with E-state index in [4.69, 9.17) is 15.9 Å². The summed E-state index contributed by atoms with van der Waals surface area (Å²) in [6, 6.07) is 3.64. The SMILES string of the molecule is COCCSc1cc(C(=N)N)cc(C)n1. The van der Waals surface area contributed by atoms with Crippen LogP contribution in [-0.2, 0) is 4.74 Å². The predicted octanol–water partition coefficient (Wildman–Crippen LogP) is 1.41. The molecule has 5 heteroatoms. The molecule has 1 aromatic rings. The second kappa shape index (κ2) is 5.72. The Bertz CT molecular complexity index is 355. The minimum Gasteiger partial charge on any atom is -0.384 e. The number of hydrogen-bond donors (Lipinski definition) is 2. The van der Waals surface area contributed by atoms with E-state index >= 15 is 0 Å². The summed E-state index contributed by atoms with van der Waals surface area (Å²) in [5.41, 5.74) is 7.03. The maximum atomic E-state index is 7.36. The Hall–Kier alpha value is -1.07. The molecule has 1 aromatic heterocycles. The summed E-state index contributed by atoms with van der Waals surface area (Å²) in [7, 11) is 1.67. The number of nitrogens with two attached hydrogens (primary N) is 1. The molecular formula is C10H15N3OS. The van der Waals surface area contributed by atoms with E-state index in [1.54, 1.807) is 18.9 Å². The Kier molecular flexibility index (Phi) is 4.58. The summed E-state index contributed by atoms with van der Waals surface area (Å²) in [6.45, 7) is 2.59. The van der Waals surface area contributed by atoms with E-state index in [1.165, 1.54) is 0 Å². The molecule has 3 N–H and O–H groups in total. The molecular weight excluding hydrogens is 210 g/mol. The number of nitrogens with one attached hydrogen (secondary N) is 1. The first-order valence-electron chi connectivity index (χ1n) is 4.58. The number of aromatic nitrogens is 1. The molecule has 82 valence electrons.